The summed E-state index contributed by atoms with van der Waals surface area (Å²) in [5.41, 5.74) is 0.863. The van der Waals surface area contributed by atoms with Crippen molar-refractivity contribution in [1.29, 1.82) is 0 Å². The van der Waals surface area contributed by atoms with Crippen molar-refractivity contribution in [2.45, 2.75) is 6.61 Å². The molecule has 0 N–H and O–H groups in total. The Labute approximate surface area is 120 Å². The summed E-state index contributed by atoms with van der Waals surface area (Å²) in [6.45, 7) is 0.549. The van der Waals surface area contributed by atoms with Gasteiger partial charge in [-0.1, -0.05) is 12.1 Å². The van der Waals surface area contributed by atoms with E-state index >= 15 is 0 Å². The van der Waals surface area contributed by atoms with E-state index in [9.17, 15) is 4.79 Å². The van der Waals surface area contributed by atoms with E-state index in [-0.39, 0.29) is 12.8 Å². The maximum absolute atomic E-state index is 11.6. The summed E-state index contributed by atoms with van der Waals surface area (Å²) in [4.78, 5) is 12.6. The Hall–Kier alpha value is -2.27. The molecule has 1 aromatic carbocycles. The molecule has 0 amide bonds. The first kappa shape index (κ1) is 12.7. The third kappa shape index (κ3) is 3.00. The first-order chi connectivity index (χ1) is 9.81. The molecule has 5 heteroatoms. The van der Waals surface area contributed by atoms with Crippen LogP contribution in [0.3, 0.4) is 0 Å². The lowest BCUT2D eigenvalue weighted by atomic mass is 10.2. The second kappa shape index (κ2) is 5.79. The van der Waals surface area contributed by atoms with E-state index < -0.39 is 0 Å². The van der Waals surface area contributed by atoms with Gasteiger partial charge in [0, 0.05) is 11.0 Å². The molecule has 2 heterocycles. The smallest absolute Gasteiger partial charge is 0.331 e. The molecule has 0 saturated heterocycles. The van der Waals surface area contributed by atoms with Crippen molar-refractivity contribution in [2.24, 2.45) is 0 Å². The predicted molar refractivity (Wildman–Crippen MR) is 75.7 cm³/mol. The maximum atomic E-state index is 11.6. The molecule has 0 unspecified atom stereocenters. The fourth-order valence-electron chi connectivity index (χ4n) is 1.77. The Morgan fingerprint density at radius 2 is 2.20 bits per heavy atom. The van der Waals surface area contributed by atoms with Gasteiger partial charge in [-0.25, -0.2) is 4.79 Å². The highest BCUT2D eigenvalue weighted by molar-refractivity contribution is 7.09. The molecule has 3 rings (SSSR count). The summed E-state index contributed by atoms with van der Waals surface area (Å²) in [6, 6.07) is 9.36. The highest BCUT2D eigenvalue weighted by Gasteiger charge is 2.12. The Morgan fingerprint density at radius 3 is 3.05 bits per heavy atom. The molecule has 1 aromatic heterocycles. The molecule has 2 aromatic rings. The van der Waals surface area contributed by atoms with Gasteiger partial charge in [-0.15, -0.1) is 11.3 Å². The second-order valence-electron chi connectivity index (χ2n) is 4.13. The van der Waals surface area contributed by atoms with Gasteiger partial charge in [0.05, 0.1) is 0 Å². The zero-order valence-corrected chi connectivity index (χ0v) is 11.4. The first-order valence-corrected chi connectivity index (χ1v) is 6.96. The van der Waals surface area contributed by atoms with Gasteiger partial charge in [-0.05, 0) is 35.2 Å². The van der Waals surface area contributed by atoms with Crippen LogP contribution < -0.4 is 9.47 Å². The predicted octanol–water partition coefficient (Wildman–Crippen LogP) is 3.23. The van der Waals surface area contributed by atoms with E-state index in [4.69, 9.17) is 14.2 Å². The van der Waals surface area contributed by atoms with E-state index in [1.54, 1.807) is 17.4 Å². The Morgan fingerprint density at radius 1 is 1.30 bits per heavy atom. The lowest BCUT2D eigenvalue weighted by Crippen LogP contribution is -1.99. The van der Waals surface area contributed by atoms with E-state index in [1.165, 1.54) is 6.08 Å². The highest BCUT2D eigenvalue weighted by atomic mass is 32.1. The van der Waals surface area contributed by atoms with E-state index in [0.29, 0.717) is 12.4 Å². The van der Waals surface area contributed by atoms with Crippen LogP contribution in [0.15, 0.2) is 41.8 Å². The number of fused-ring (bicyclic) bond motifs is 1. The van der Waals surface area contributed by atoms with Crippen molar-refractivity contribution in [3.63, 3.8) is 0 Å². The largest absolute Gasteiger partial charge is 0.457 e. The van der Waals surface area contributed by atoms with Crippen molar-refractivity contribution in [3.8, 4) is 11.5 Å². The molecule has 0 spiro atoms. The average Bonchev–Trinajstić information content (AvgIpc) is 3.13. The minimum atomic E-state index is -0.365. The topological polar surface area (TPSA) is 44.8 Å². The van der Waals surface area contributed by atoms with Crippen LogP contribution in [-0.4, -0.2) is 12.8 Å². The Balaban J connectivity index is 1.58. The molecule has 0 aliphatic carbocycles. The lowest BCUT2D eigenvalue weighted by Gasteiger charge is -1.99. The zero-order valence-electron chi connectivity index (χ0n) is 10.6. The van der Waals surface area contributed by atoms with Crippen molar-refractivity contribution in [1.82, 2.24) is 0 Å². The number of hydrogen-bond acceptors (Lipinski definition) is 5. The first-order valence-electron chi connectivity index (χ1n) is 6.08. The summed E-state index contributed by atoms with van der Waals surface area (Å²) in [7, 11) is 0. The van der Waals surface area contributed by atoms with Crippen LogP contribution in [0.2, 0.25) is 0 Å². The van der Waals surface area contributed by atoms with Gasteiger partial charge in [0.1, 0.15) is 6.61 Å². The van der Waals surface area contributed by atoms with Gasteiger partial charge in [-0.2, -0.15) is 0 Å². The summed E-state index contributed by atoms with van der Waals surface area (Å²) < 4.78 is 15.6. The second-order valence-corrected chi connectivity index (χ2v) is 5.17. The minimum Gasteiger partial charge on any atom is -0.457 e. The van der Waals surface area contributed by atoms with Gasteiger partial charge in [0.15, 0.2) is 11.5 Å². The SMILES string of the molecule is O=C(/C=C/c1ccc2c(c1)OCO2)OCc1cccs1. The van der Waals surface area contributed by atoms with Crippen LogP contribution in [0.5, 0.6) is 11.5 Å². The monoisotopic (exact) mass is 288 g/mol. The third-order valence-corrected chi connectivity index (χ3v) is 3.60. The number of rotatable bonds is 4. The van der Waals surface area contributed by atoms with E-state index in [2.05, 4.69) is 0 Å². The zero-order chi connectivity index (χ0) is 13.8. The van der Waals surface area contributed by atoms with Crippen LogP contribution >= 0.6 is 11.3 Å². The van der Waals surface area contributed by atoms with E-state index in [1.807, 2.05) is 35.7 Å². The molecule has 0 fully saturated rings. The molecule has 1 aliphatic heterocycles. The molecule has 0 radical (unpaired) electrons. The average molecular weight is 288 g/mol. The summed E-state index contributed by atoms with van der Waals surface area (Å²) in [5.74, 6) is 1.05. The van der Waals surface area contributed by atoms with Crippen LogP contribution in [0, 0.1) is 0 Å². The quantitative estimate of drug-likeness (QED) is 0.640. The van der Waals surface area contributed by atoms with Crippen LogP contribution in [0.4, 0.5) is 0 Å². The fraction of sp³-hybridized carbons (Fsp3) is 0.133. The van der Waals surface area contributed by atoms with Gasteiger partial charge in [0.25, 0.3) is 0 Å². The van der Waals surface area contributed by atoms with Crippen molar-refractivity contribution < 1.29 is 19.0 Å². The molecule has 1 aliphatic rings. The molecule has 102 valence electrons. The Bertz CT molecular complexity index is 631. The van der Waals surface area contributed by atoms with Crippen molar-refractivity contribution >= 4 is 23.4 Å². The minimum absolute atomic E-state index is 0.241. The fourth-order valence-corrected chi connectivity index (χ4v) is 2.38. The molecule has 0 saturated carbocycles. The Kier molecular flexibility index (Phi) is 3.69. The number of carbonyl (C=O) groups excluding carboxylic acids is 1. The molecule has 4 nitrogen and oxygen atoms in total. The highest BCUT2D eigenvalue weighted by Crippen LogP contribution is 2.32. The van der Waals surface area contributed by atoms with Crippen LogP contribution in [-0.2, 0) is 16.1 Å². The number of hydrogen-bond donors (Lipinski definition) is 0. The number of esters is 1. The maximum Gasteiger partial charge on any atom is 0.331 e. The van der Waals surface area contributed by atoms with Crippen LogP contribution in [0.1, 0.15) is 10.4 Å². The summed E-state index contributed by atoms with van der Waals surface area (Å²) >= 11 is 1.56. The number of carbonyl (C=O) groups is 1. The van der Waals surface area contributed by atoms with Gasteiger partial charge >= 0.3 is 5.97 Å². The lowest BCUT2D eigenvalue weighted by molar-refractivity contribution is -0.138. The molecule has 0 bridgehead atoms. The molecular weight excluding hydrogens is 276 g/mol. The number of ether oxygens (including phenoxy) is 3. The third-order valence-electron chi connectivity index (χ3n) is 2.75. The standard InChI is InChI=1S/C15H12O4S/c16-15(17-9-12-2-1-7-20-12)6-4-11-3-5-13-14(8-11)19-10-18-13/h1-8H,9-10H2/b6-4+. The number of benzene rings is 1. The van der Waals surface area contributed by atoms with E-state index in [0.717, 1.165) is 16.2 Å². The van der Waals surface area contributed by atoms with Gasteiger partial charge in [0.2, 0.25) is 6.79 Å². The van der Waals surface area contributed by atoms with Crippen LogP contribution in [0.25, 0.3) is 6.08 Å². The number of thiophene rings is 1. The molecule has 0 atom stereocenters. The normalized spacial score (nSPS) is 12.8. The summed E-state index contributed by atoms with van der Waals surface area (Å²) in [5, 5.41) is 1.95. The summed E-state index contributed by atoms with van der Waals surface area (Å²) in [6.07, 6.45) is 3.10. The van der Waals surface area contributed by atoms with Crippen molar-refractivity contribution in [2.75, 3.05) is 6.79 Å². The van der Waals surface area contributed by atoms with Gasteiger partial charge < -0.3 is 14.2 Å². The molecule has 20 heavy (non-hydrogen) atoms. The van der Waals surface area contributed by atoms with Crippen molar-refractivity contribution in [3.05, 3.63) is 52.2 Å². The van der Waals surface area contributed by atoms with Gasteiger partial charge in [-0.3, -0.25) is 0 Å². The molecular formula is C15H12O4S.